The van der Waals surface area contributed by atoms with E-state index in [9.17, 15) is 21.6 Å². The second-order valence-electron chi connectivity index (χ2n) is 8.77. The van der Waals surface area contributed by atoms with E-state index in [2.05, 4.69) is 15.0 Å². The fourth-order valence-electron chi connectivity index (χ4n) is 4.14. The van der Waals surface area contributed by atoms with Crippen LogP contribution in [-0.4, -0.2) is 42.0 Å². The summed E-state index contributed by atoms with van der Waals surface area (Å²) in [6.45, 7) is 7.31. The van der Waals surface area contributed by atoms with Crippen LogP contribution in [0, 0.1) is 6.92 Å². The molecular weight excluding hydrogens is 533 g/mol. The predicted octanol–water partition coefficient (Wildman–Crippen LogP) is 4.87. The fraction of sp³-hybridized carbons (Fsp3) is 0.348. The zero-order chi connectivity index (χ0) is 27.1. The Hall–Kier alpha value is -3.32. The highest BCUT2D eigenvalue weighted by Gasteiger charge is 2.46. The molecule has 9 nitrogen and oxygen atoms in total. The number of aryl methyl sites for hydroxylation is 1. The Morgan fingerprint density at radius 3 is 2.59 bits per heavy atom. The van der Waals surface area contributed by atoms with E-state index in [4.69, 9.17) is 22.1 Å². The minimum atomic E-state index is -5.67. The minimum absolute atomic E-state index is 0.143. The first-order valence-electron chi connectivity index (χ1n) is 11.2. The Morgan fingerprint density at radius 2 is 1.92 bits per heavy atom. The van der Waals surface area contributed by atoms with Crippen LogP contribution >= 0.6 is 11.6 Å². The number of ether oxygens (including phenoxy) is 1. The van der Waals surface area contributed by atoms with Crippen LogP contribution in [0.1, 0.15) is 36.6 Å². The van der Waals surface area contributed by atoms with E-state index in [-0.39, 0.29) is 11.9 Å². The molecule has 14 heteroatoms. The summed E-state index contributed by atoms with van der Waals surface area (Å²) in [5, 5.41) is -0.418. The highest BCUT2D eigenvalue weighted by atomic mass is 35.5. The van der Waals surface area contributed by atoms with Crippen LogP contribution < -0.4 is 20.1 Å². The molecule has 0 unspecified atom stereocenters. The second kappa shape index (κ2) is 9.86. The number of halogens is 4. The molecule has 1 aliphatic heterocycles. The number of hydrogen-bond donors (Lipinski definition) is 2. The molecule has 0 bridgehead atoms. The largest absolute Gasteiger partial charge is 0.516 e. The Kier molecular flexibility index (Phi) is 7.12. The summed E-state index contributed by atoms with van der Waals surface area (Å²) in [7, 11) is -5.67. The number of nitrogens with two attached hydrogens (primary N) is 1. The zero-order valence-electron chi connectivity index (χ0n) is 20.1. The molecule has 0 fully saturated rings. The number of nitrogens with one attached hydrogen (secondary N) is 1. The van der Waals surface area contributed by atoms with E-state index < -0.39 is 26.4 Å². The second-order valence-corrected chi connectivity index (χ2v) is 10.8. The summed E-state index contributed by atoms with van der Waals surface area (Å²) in [6, 6.07) is 6.44. The first kappa shape index (κ1) is 26.7. The third-order valence-corrected chi connectivity index (χ3v) is 7.17. The molecule has 0 amide bonds. The van der Waals surface area contributed by atoms with Gasteiger partial charge in [0, 0.05) is 35.1 Å². The summed E-state index contributed by atoms with van der Waals surface area (Å²) in [5.74, 6) is 1.65. The smallest absolute Gasteiger partial charge is 0.491 e. The first-order chi connectivity index (χ1) is 17.3. The molecule has 0 aliphatic carbocycles. The number of alkyl halides is 3. The molecule has 3 heterocycles. The summed E-state index contributed by atoms with van der Waals surface area (Å²) < 4.78 is 69.1. The molecule has 37 heavy (non-hydrogen) atoms. The van der Waals surface area contributed by atoms with Crippen molar-refractivity contribution in [3.8, 4) is 16.9 Å². The van der Waals surface area contributed by atoms with Crippen molar-refractivity contribution in [1.82, 2.24) is 15.0 Å². The molecule has 1 aliphatic rings. The van der Waals surface area contributed by atoms with Crippen LogP contribution in [0.4, 0.5) is 30.6 Å². The zero-order valence-corrected chi connectivity index (χ0v) is 21.7. The lowest BCUT2D eigenvalue weighted by atomic mass is 10.0. The standard InChI is InChI=1S/C23H24ClF3N6O3S/c1-12(2)19-13(3)30-22(28)31-21(19)33-6-7-36-18-5-4-14(8-16(18)11-33)15-9-17(20(24)29-10-15)32-37(34,35)23(25,26)27/h4-5,8-10,12,32H,6-7,11H2,1-3H3,(H2,28,30,31). The van der Waals surface area contributed by atoms with Crippen LogP contribution in [-0.2, 0) is 16.6 Å². The third kappa shape index (κ3) is 5.52. The van der Waals surface area contributed by atoms with Gasteiger partial charge in [-0.25, -0.2) is 9.97 Å². The van der Waals surface area contributed by atoms with E-state index in [1.807, 2.05) is 25.7 Å². The summed E-state index contributed by atoms with van der Waals surface area (Å²) >= 11 is 5.88. The number of fused-ring (bicyclic) bond motifs is 1. The molecule has 3 aromatic rings. The van der Waals surface area contributed by atoms with Gasteiger partial charge in [-0.3, -0.25) is 4.72 Å². The van der Waals surface area contributed by atoms with Crippen molar-refractivity contribution in [2.45, 2.75) is 38.7 Å². The van der Waals surface area contributed by atoms with Gasteiger partial charge >= 0.3 is 15.5 Å². The number of nitrogens with zero attached hydrogens (tertiary/aromatic N) is 4. The number of nitrogen functional groups attached to an aromatic ring is 1. The Balaban J connectivity index is 1.71. The lowest BCUT2D eigenvalue weighted by molar-refractivity contribution is -0.0429. The summed E-state index contributed by atoms with van der Waals surface area (Å²) in [5.41, 5.74) is 3.43. The minimum Gasteiger partial charge on any atom is -0.491 e. The van der Waals surface area contributed by atoms with Gasteiger partial charge in [0.05, 0.1) is 12.2 Å². The van der Waals surface area contributed by atoms with E-state index in [0.717, 1.165) is 16.8 Å². The monoisotopic (exact) mass is 556 g/mol. The fourth-order valence-corrected chi connectivity index (χ4v) is 4.91. The molecular formula is C23H24ClF3N6O3S. The molecule has 3 N–H and O–H groups in total. The Labute approximate surface area is 216 Å². The highest BCUT2D eigenvalue weighted by Crippen LogP contribution is 2.36. The van der Waals surface area contributed by atoms with Crippen molar-refractivity contribution in [2.24, 2.45) is 0 Å². The van der Waals surface area contributed by atoms with Gasteiger partial charge in [-0.1, -0.05) is 31.5 Å². The van der Waals surface area contributed by atoms with Crippen molar-refractivity contribution in [3.05, 3.63) is 52.4 Å². The van der Waals surface area contributed by atoms with Crippen molar-refractivity contribution >= 4 is 39.1 Å². The lowest BCUT2D eigenvalue weighted by Gasteiger charge is -2.26. The molecule has 2 aromatic heterocycles. The molecule has 0 atom stereocenters. The van der Waals surface area contributed by atoms with Gasteiger partial charge in [-0.2, -0.15) is 26.6 Å². The average Bonchev–Trinajstić information content (AvgIpc) is 3.00. The van der Waals surface area contributed by atoms with Gasteiger partial charge < -0.3 is 15.4 Å². The van der Waals surface area contributed by atoms with Crippen LogP contribution in [0.5, 0.6) is 5.75 Å². The van der Waals surface area contributed by atoms with E-state index >= 15 is 0 Å². The maximum absolute atomic E-state index is 12.9. The quantitative estimate of drug-likeness (QED) is 0.427. The number of anilines is 3. The average molecular weight is 557 g/mol. The van der Waals surface area contributed by atoms with Crippen LogP contribution in [0.3, 0.4) is 0 Å². The molecule has 1 aromatic carbocycles. The van der Waals surface area contributed by atoms with Gasteiger partial charge in [0.15, 0.2) is 5.15 Å². The van der Waals surface area contributed by atoms with Crippen molar-refractivity contribution in [3.63, 3.8) is 0 Å². The van der Waals surface area contributed by atoms with Crippen LogP contribution in [0.2, 0.25) is 5.15 Å². The van der Waals surface area contributed by atoms with Gasteiger partial charge in [-0.15, -0.1) is 0 Å². The number of rotatable bonds is 5. The lowest BCUT2D eigenvalue weighted by Crippen LogP contribution is -2.30. The highest BCUT2D eigenvalue weighted by molar-refractivity contribution is 7.93. The van der Waals surface area contributed by atoms with E-state index in [1.54, 1.807) is 18.2 Å². The van der Waals surface area contributed by atoms with E-state index in [1.165, 1.54) is 17.0 Å². The summed E-state index contributed by atoms with van der Waals surface area (Å²) in [6.07, 6.45) is 1.34. The molecule has 4 rings (SSSR count). The molecule has 0 saturated heterocycles. The maximum Gasteiger partial charge on any atom is 0.516 e. The maximum atomic E-state index is 12.9. The Morgan fingerprint density at radius 1 is 1.19 bits per heavy atom. The molecule has 0 saturated carbocycles. The SMILES string of the molecule is Cc1nc(N)nc(N2CCOc3ccc(-c4cnc(Cl)c(NS(=O)(=O)C(F)(F)F)c4)cc3C2)c1C(C)C. The summed E-state index contributed by atoms with van der Waals surface area (Å²) in [4.78, 5) is 14.7. The molecule has 198 valence electrons. The van der Waals surface area contributed by atoms with Gasteiger partial charge in [0.25, 0.3) is 0 Å². The van der Waals surface area contributed by atoms with Crippen molar-refractivity contribution in [2.75, 3.05) is 28.5 Å². The van der Waals surface area contributed by atoms with Gasteiger partial charge in [0.2, 0.25) is 5.95 Å². The Bertz CT molecular complexity index is 1450. The number of hydrogen-bond acceptors (Lipinski definition) is 8. The number of pyridine rings is 1. The normalized spacial score (nSPS) is 14.2. The van der Waals surface area contributed by atoms with Gasteiger partial charge in [-0.05, 0) is 36.6 Å². The topological polar surface area (TPSA) is 123 Å². The third-order valence-electron chi connectivity index (χ3n) is 5.77. The van der Waals surface area contributed by atoms with Crippen molar-refractivity contribution < 1.29 is 26.3 Å². The van der Waals surface area contributed by atoms with Crippen LogP contribution in [0.15, 0.2) is 30.5 Å². The van der Waals surface area contributed by atoms with Crippen LogP contribution in [0.25, 0.3) is 11.1 Å². The van der Waals surface area contributed by atoms with E-state index in [0.29, 0.717) is 42.4 Å². The molecule has 0 radical (unpaired) electrons. The van der Waals surface area contributed by atoms with Gasteiger partial charge in [0.1, 0.15) is 18.2 Å². The number of aromatic nitrogens is 3. The first-order valence-corrected chi connectivity index (χ1v) is 13.0. The number of benzene rings is 1. The predicted molar refractivity (Wildman–Crippen MR) is 135 cm³/mol. The molecule has 0 spiro atoms. The van der Waals surface area contributed by atoms with Crippen molar-refractivity contribution in [1.29, 1.82) is 0 Å². The number of sulfonamides is 1.